The first kappa shape index (κ1) is 16.7. The Morgan fingerprint density at radius 2 is 1.90 bits per heavy atom. The van der Waals surface area contributed by atoms with Gasteiger partial charge in [-0.05, 0) is 30.5 Å². The molecule has 0 fully saturated rings. The van der Waals surface area contributed by atoms with Crippen molar-refractivity contribution in [2.24, 2.45) is 0 Å². The third-order valence-corrected chi connectivity index (χ3v) is 2.83. The monoisotopic (exact) mass is 277 g/mol. The molecule has 3 heteroatoms. The van der Waals surface area contributed by atoms with Crippen molar-refractivity contribution in [3.05, 3.63) is 42.5 Å². The highest BCUT2D eigenvalue weighted by Gasteiger charge is 1.97. The van der Waals surface area contributed by atoms with Gasteiger partial charge in [0, 0.05) is 19.2 Å². The summed E-state index contributed by atoms with van der Waals surface area (Å²) < 4.78 is 11.1. The summed E-state index contributed by atoms with van der Waals surface area (Å²) >= 11 is 0. The topological polar surface area (TPSA) is 30.5 Å². The van der Waals surface area contributed by atoms with Gasteiger partial charge in [0.15, 0.2) is 0 Å². The second-order valence-corrected chi connectivity index (χ2v) is 5.07. The summed E-state index contributed by atoms with van der Waals surface area (Å²) in [6.07, 6.45) is 3.95. The molecule has 1 aromatic rings. The molecule has 1 aromatic carbocycles. The van der Waals surface area contributed by atoms with Crippen LogP contribution in [0, 0.1) is 0 Å². The number of hydrogen-bond donors (Lipinski definition) is 1. The molecule has 0 atom stereocenters. The molecule has 0 aliphatic heterocycles. The van der Waals surface area contributed by atoms with Gasteiger partial charge in [0.05, 0.1) is 6.61 Å². The van der Waals surface area contributed by atoms with E-state index in [0.29, 0.717) is 19.3 Å². The van der Waals surface area contributed by atoms with Crippen LogP contribution in [0.1, 0.15) is 32.3 Å². The maximum Gasteiger partial charge on any atom is 0.119 e. The number of nitrogens with one attached hydrogen (secondary N) is 1. The highest BCUT2D eigenvalue weighted by molar-refractivity contribution is 5.27. The number of unbranched alkanes of at least 4 members (excludes halogenated alkanes) is 1. The molecule has 0 amide bonds. The van der Waals surface area contributed by atoms with E-state index in [4.69, 9.17) is 9.47 Å². The molecule has 0 bridgehead atoms. The Morgan fingerprint density at radius 3 is 2.55 bits per heavy atom. The Balaban J connectivity index is 2.13. The lowest BCUT2D eigenvalue weighted by Crippen LogP contribution is -2.21. The quantitative estimate of drug-likeness (QED) is 0.495. The van der Waals surface area contributed by atoms with Crippen LogP contribution in [-0.4, -0.2) is 25.9 Å². The molecule has 0 aliphatic rings. The minimum Gasteiger partial charge on any atom is -0.491 e. The maximum atomic E-state index is 5.63. The summed E-state index contributed by atoms with van der Waals surface area (Å²) in [5.74, 6) is 0.896. The molecular formula is C17H27NO2. The smallest absolute Gasteiger partial charge is 0.119 e. The predicted octanol–water partition coefficient (Wildman–Crippen LogP) is 3.55. The minimum absolute atomic E-state index is 0.504. The van der Waals surface area contributed by atoms with Crippen molar-refractivity contribution >= 4 is 0 Å². The molecule has 0 unspecified atom stereocenters. The number of ether oxygens (including phenoxy) is 2. The summed E-state index contributed by atoms with van der Waals surface area (Å²) in [5, 5.41) is 3.39. The van der Waals surface area contributed by atoms with Crippen LogP contribution in [0.2, 0.25) is 0 Å². The molecule has 0 saturated heterocycles. The summed E-state index contributed by atoms with van der Waals surface area (Å²) in [6, 6.07) is 8.71. The van der Waals surface area contributed by atoms with E-state index in [9.17, 15) is 0 Å². The van der Waals surface area contributed by atoms with Crippen LogP contribution in [0.5, 0.6) is 5.75 Å². The van der Waals surface area contributed by atoms with Gasteiger partial charge in [-0.2, -0.15) is 0 Å². The van der Waals surface area contributed by atoms with Crippen molar-refractivity contribution < 1.29 is 9.47 Å². The first-order valence-electron chi connectivity index (χ1n) is 7.36. The van der Waals surface area contributed by atoms with E-state index in [1.54, 1.807) is 0 Å². The summed E-state index contributed by atoms with van der Waals surface area (Å²) in [7, 11) is 0. The Bertz CT molecular complexity index is 360. The van der Waals surface area contributed by atoms with Gasteiger partial charge in [-0.1, -0.05) is 32.1 Å². The van der Waals surface area contributed by atoms with Gasteiger partial charge < -0.3 is 14.8 Å². The van der Waals surface area contributed by atoms with Crippen molar-refractivity contribution in [2.75, 3.05) is 19.8 Å². The van der Waals surface area contributed by atoms with Crippen LogP contribution in [0.4, 0.5) is 0 Å². The molecule has 0 aromatic heterocycles. The minimum atomic E-state index is 0.504. The van der Waals surface area contributed by atoms with Crippen LogP contribution in [-0.2, 0) is 11.3 Å². The zero-order chi connectivity index (χ0) is 14.6. The summed E-state index contributed by atoms with van der Waals surface area (Å²) in [5.41, 5.74) is 1.27. The van der Waals surface area contributed by atoms with Crippen LogP contribution >= 0.6 is 0 Å². The van der Waals surface area contributed by atoms with E-state index in [1.807, 2.05) is 18.2 Å². The molecule has 20 heavy (non-hydrogen) atoms. The SMILES string of the molecule is C=CCCCOCCOc1ccc(CNC(C)C)cc1. The lowest BCUT2D eigenvalue weighted by atomic mass is 10.2. The second-order valence-electron chi connectivity index (χ2n) is 5.07. The zero-order valence-corrected chi connectivity index (χ0v) is 12.7. The first-order chi connectivity index (χ1) is 9.72. The maximum absolute atomic E-state index is 5.63. The van der Waals surface area contributed by atoms with Crippen molar-refractivity contribution in [1.29, 1.82) is 0 Å². The predicted molar refractivity (Wildman–Crippen MR) is 84.2 cm³/mol. The van der Waals surface area contributed by atoms with Gasteiger partial charge >= 0.3 is 0 Å². The van der Waals surface area contributed by atoms with Crippen molar-refractivity contribution in [3.8, 4) is 5.75 Å². The summed E-state index contributed by atoms with van der Waals surface area (Å²) in [6.45, 7) is 10.9. The van der Waals surface area contributed by atoms with E-state index in [0.717, 1.165) is 31.7 Å². The van der Waals surface area contributed by atoms with Gasteiger partial charge in [-0.15, -0.1) is 6.58 Å². The average molecular weight is 277 g/mol. The van der Waals surface area contributed by atoms with Crippen LogP contribution < -0.4 is 10.1 Å². The molecule has 1 rings (SSSR count). The van der Waals surface area contributed by atoms with Crippen molar-refractivity contribution in [3.63, 3.8) is 0 Å². The highest BCUT2D eigenvalue weighted by Crippen LogP contribution is 2.12. The molecule has 0 aliphatic carbocycles. The van der Waals surface area contributed by atoms with Gasteiger partial charge in [0.1, 0.15) is 12.4 Å². The van der Waals surface area contributed by atoms with E-state index in [2.05, 4.69) is 37.9 Å². The van der Waals surface area contributed by atoms with Crippen molar-refractivity contribution in [1.82, 2.24) is 5.32 Å². The molecule has 0 radical (unpaired) electrons. The number of benzene rings is 1. The van der Waals surface area contributed by atoms with Crippen LogP contribution in [0.15, 0.2) is 36.9 Å². The lowest BCUT2D eigenvalue weighted by Gasteiger charge is -2.10. The van der Waals surface area contributed by atoms with E-state index < -0.39 is 0 Å². The molecule has 112 valence electrons. The number of rotatable bonds is 11. The largest absolute Gasteiger partial charge is 0.491 e. The van der Waals surface area contributed by atoms with Gasteiger partial charge in [-0.3, -0.25) is 0 Å². The summed E-state index contributed by atoms with van der Waals surface area (Å²) in [4.78, 5) is 0. The standard InChI is InChI=1S/C17H27NO2/c1-4-5-6-11-19-12-13-20-17-9-7-16(8-10-17)14-18-15(2)3/h4,7-10,15,18H,1,5-6,11-14H2,2-3H3. The van der Waals surface area contributed by atoms with Gasteiger partial charge in [-0.25, -0.2) is 0 Å². The lowest BCUT2D eigenvalue weighted by molar-refractivity contribution is 0.0988. The Hall–Kier alpha value is -1.32. The molecule has 0 heterocycles. The Labute approximate surface area is 123 Å². The van der Waals surface area contributed by atoms with Gasteiger partial charge in [0.2, 0.25) is 0 Å². The molecule has 0 saturated carbocycles. The highest BCUT2D eigenvalue weighted by atomic mass is 16.5. The fraction of sp³-hybridized carbons (Fsp3) is 0.529. The fourth-order valence-electron chi connectivity index (χ4n) is 1.68. The molecule has 3 nitrogen and oxygen atoms in total. The van der Waals surface area contributed by atoms with Crippen molar-refractivity contribution in [2.45, 2.75) is 39.3 Å². The second kappa shape index (κ2) is 10.5. The van der Waals surface area contributed by atoms with E-state index in [-0.39, 0.29) is 0 Å². The van der Waals surface area contributed by atoms with Crippen LogP contribution in [0.25, 0.3) is 0 Å². The average Bonchev–Trinajstić information content (AvgIpc) is 2.45. The fourth-order valence-corrected chi connectivity index (χ4v) is 1.68. The molecular weight excluding hydrogens is 250 g/mol. The molecule has 1 N–H and O–H groups in total. The third-order valence-electron chi connectivity index (χ3n) is 2.83. The number of allylic oxidation sites excluding steroid dienone is 1. The van der Waals surface area contributed by atoms with E-state index in [1.165, 1.54) is 5.56 Å². The normalized spacial score (nSPS) is 10.8. The Morgan fingerprint density at radius 1 is 1.15 bits per heavy atom. The van der Waals surface area contributed by atoms with Crippen LogP contribution in [0.3, 0.4) is 0 Å². The molecule has 0 spiro atoms. The first-order valence-corrected chi connectivity index (χ1v) is 7.36. The van der Waals surface area contributed by atoms with Gasteiger partial charge in [0.25, 0.3) is 0 Å². The van der Waals surface area contributed by atoms with E-state index >= 15 is 0 Å². The third kappa shape index (κ3) is 7.97. The zero-order valence-electron chi connectivity index (χ0n) is 12.7. The Kier molecular flexibility index (Phi) is 8.76. The number of hydrogen-bond acceptors (Lipinski definition) is 3.